The molecule has 1 heterocycles. The van der Waals surface area contributed by atoms with Crippen molar-refractivity contribution in [1.82, 2.24) is 10.2 Å². The van der Waals surface area contributed by atoms with Crippen LogP contribution in [0.25, 0.3) is 0 Å². The van der Waals surface area contributed by atoms with Crippen LogP contribution in [0.1, 0.15) is 22.4 Å². The fourth-order valence-corrected chi connectivity index (χ4v) is 2.97. The van der Waals surface area contributed by atoms with Crippen LogP contribution >= 0.6 is 11.6 Å². The summed E-state index contributed by atoms with van der Waals surface area (Å²) < 4.78 is 11.9. The maximum Gasteiger partial charge on any atom is 0.276 e. The Morgan fingerprint density at radius 2 is 1.29 bits per heavy atom. The maximum absolute atomic E-state index is 6.18. The van der Waals surface area contributed by atoms with E-state index in [1.807, 2.05) is 78.9 Å². The highest BCUT2D eigenvalue weighted by Crippen LogP contribution is 2.26. The fourth-order valence-electron chi connectivity index (χ4n) is 2.78. The molecule has 0 bridgehead atoms. The van der Waals surface area contributed by atoms with E-state index in [1.54, 1.807) is 12.1 Å². The highest BCUT2D eigenvalue weighted by atomic mass is 35.5. The number of rotatable bonds is 6. The van der Waals surface area contributed by atoms with Crippen molar-refractivity contribution in [3.05, 3.63) is 118 Å². The van der Waals surface area contributed by atoms with Gasteiger partial charge >= 0.3 is 0 Å². The van der Waals surface area contributed by atoms with Crippen LogP contribution in [0.2, 0.25) is 5.02 Å². The predicted octanol–water partition coefficient (Wildman–Crippen LogP) is 5.69. The summed E-state index contributed by atoms with van der Waals surface area (Å²) in [7, 11) is 0. The minimum atomic E-state index is 0.322. The van der Waals surface area contributed by atoms with Crippen molar-refractivity contribution in [2.24, 2.45) is 0 Å². The Labute approximate surface area is 186 Å². The zero-order valence-electron chi connectivity index (χ0n) is 16.7. The molecule has 0 atom stereocenters. The van der Waals surface area contributed by atoms with Crippen LogP contribution in [0.4, 0.5) is 0 Å². The van der Waals surface area contributed by atoms with E-state index in [1.165, 1.54) is 0 Å². The van der Waals surface area contributed by atoms with Gasteiger partial charge in [0.25, 0.3) is 5.88 Å². The molecule has 31 heavy (non-hydrogen) atoms. The van der Waals surface area contributed by atoms with E-state index in [0.29, 0.717) is 35.6 Å². The van der Waals surface area contributed by atoms with Gasteiger partial charge in [-0.25, -0.2) is 0 Å². The van der Waals surface area contributed by atoms with Crippen LogP contribution in [-0.4, -0.2) is 10.2 Å². The molecule has 0 N–H and O–H groups in total. The number of hydrogen-bond acceptors (Lipinski definition) is 4. The van der Waals surface area contributed by atoms with Gasteiger partial charge in [-0.3, -0.25) is 0 Å². The Hall–Kier alpha value is -3.81. The lowest BCUT2D eigenvalue weighted by molar-refractivity contribution is 0.244. The number of aromatic nitrogens is 2. The molecule has 4 nitrogen and oxygen atoms in total. The summed E-state index contributed by atoms with van der Waals surface area (Å²) >= 11 is 6.18. The van der Waals surface area contributed by atoms with Crippen molar-refractivity contribution in [3.8, 4) is 23.5 Å². The second-order valence-electron chi connectivity index (χ2n) is 6.68. The molecule has 1 aromatic heterocycles. The lowest BCUT2D eigenvalue weighted by Gasteiger charge is -2.11. The molecule has 0 aliphatic rings. The van der Waals surface area contributed by atoms with Crippen LogP contribution < -0.4 is 9.47 Å². The van der Waals surface area contributed by atoms with E-state index in [-0.39, 0.29) is 0 Å². The van der Waals surface area contributed by atoms with Crippen LogP contribution in [0, 0.1) is 11.8 Å². The molecule has 0 unspecified atom stereocenters. The monoisotopic (exact) mass is 426 g/mol. The first-order chi connectivity index (χ1) is 15.3. The van der Waals surface area contributed by atoms with Gasteiger partial charge in [0.1, 0.15) is 18.9 Å². The molecular formula is C26H19ClN2O2. The van der Waals surface area contributed by atoms with E-state index >= 15 is 0 Å². The summed E-state index contributed by atoms with van der Waals surface area (Å²) in [6.45, 7) is 0.744. The van der Waals surface area contributed by atoms with E-state index in [9.17, 15) is 0 Å². The Balaban J connectivity index is 1.57. The first-order valence-corrected chi connectivity index (χ1v) is 10.1. The van der Waals surface area contributed by atoms with Crippen molar-refractivity contribution < 1.29 is 9.47 Å². The van der Waals surface area contributed by atoms with Gasteiger partial charge in [0.2, 0.25) is 0 Å². The molecule has 0 amide bonds. The average Bonchev–Trinajstić information content (AvgIpc) is 2.83. The molecule has 4 rings (SSSR count). The summed E-state index contributed by atoms with van der Waals surface area (Å²) in [4.78, 5) is 0. The SMILES string of the molecule is Clc1ccccc1C#Cc1cc(OCc2ccccc2)c(OCc2ccccc2)nn1. The second-order valence-corrected chi connectivity index (χ2v) is 7.08. The average molecular weight is 427 g/mol. The van der Waals surface area contributed by atoms with Crippen molar-refractivity contribution in [2.45, 2.75) is 13.2 Å². The highest BCUT2D eigenvalue weighted by Gasteiger charge is 2.11. The smallest absolute Gasteiger partial charge is 0.276 e. The third kappa shape index (κ3) is 5.85. The standard InChI is InChI=1S/C26H19ClN2O2/c27-24-14-8-7-13-22(24)15-16-23-17-25(30-18-20-9-3-1-4-10-20)26(29-28-23)31-19-21-11-5-2-6-12-21/h1-14,17H,18-19H2. The summed E-state index contributed by atoms with van der Waals surface area (Å²) in [5.41, 5.74) is 3.26. The lowest BCUT2D eigenvalue weighted by Crippen LogP contribution is -2.04. The van der Waals surface area contributed by atoms with Crippen molar-refractivity contribution in [2.75, 3.05) is 0 Å². The molecule has 152 valence electrons. The lowest BCUT2D eigenvalue weighted by atomic mass is 10.2. The third-order valence-electron chi connectivity index (χ3n) is 4.38. The molecule has 0 aliphatic carbocycles. The Morgan fingerprint density at radius 3 is 1.97 bits per heavy atom. The maximum atomic E-state index is 6.18. The fraction of sp³-hybridized carbons (Fsp3) is 0.0769. The summed E-state index contributed by atoms with van der Waals surface area (Å²) in [5, 5.41) is 8.98. The van der Waals surface area contributed by atoms with Crippen LogP contribution in [0.15, 0.2) is 91.0 Å². The van der Waals surface area contributed by atoms with Gasteiger partial charge in [0.15, 0.2) is 5.75 Å². The molecular weight excluding hydrogens is 408 g/mol. The van der Waals surface area contributed by atoms with Crippen LogP contribution in [0.5, 0.6) is 11.6 Å². The van der Waals surface area contributed by atoms with Gasteiger partial charge in [-0.05, 0) is 29.2 Å². The third-order valence-corrected chi connectivity index (χ3v) is 4.71. The first kappa shape index (κ1) is 20.5. The molecule has 0 spiro atoms. The van der Waals surface area contributed by atoms with Crippen molar-refractivity contribution >= 4 is 11.6 Å². The predicted molar refractivity (Wildman–Crippen MR) is 121 cm³/mol. The van der Waals surface area contributed by atoms with Crippen molar-refractivity contribution in [1.29, 1.82) is 0 Å². The quantitative estimate of drug-likeness (QED) is 0.371. The number of benzene rings is 3. The van der Waals surface area contributed by atoms with Gasteiger partial charge in [0, 0.05) is 11.6 Å². The summed E-state index contributed by atoms with van der Waals surface area (Å²) in [6, 6.07) is 28.9. The number of ether oxygens (including phenoxy) is 2. The molecule has 3 aromatic carbocycles. The van der Waals surface area contributed by atoms with Gasteiger partial charge in [-0.2, -0.15) is 0 Å². The van der Waals surface area contributed by atoms with E-state index in [2.05, 4.69) is 22.0 Å². The number of nitrogens with zero attached hydrogens (tertiary/aromatic N) is 2. The van der Waals surface area contributed by atoms with Gasteiger partial charge in [-0.15, -0.1) is 10.2 Å². The normalized spacial score (nSPS) is 10.1. The Kier molecular flexibility index (Phi) is 6.79. The van der Waals surface area contributed by atoms with Crippen molar-refractivity contribution in [3.63, 3.8) is 0 Å². The molecule has 4 aromatic rings. The molecule has 0 saturated carbocycles. The first-order valence-electron chi connectivity index (χ1n) is 9.75. The van der Waals surface area contributed by atoms with Crippen LogP contribution in [-0.2, 0) is 13.2 Å². The molecule has 0 fully saturated rings. The Bertz CT molecular complexity index is 1200. The summed E-state index contributed by atoms with van der Waals surface area (Å²) in [5.74, 6) is 6.83. The summed E-state index contributed by atoms with van der Waals surface area (Å²) in [6.07, 6.45) is 0. The molecule has 0 saturated heterocycles. The zero-order chi connectivity index (χ0) is 21.3. The van der Waals surface area contributed by atoms with Gasteiger partial charge in [-0.1, -0.05) is 90.3 Å². The second kappa shape index (κ2) is 10.3. The Morgan fingerprint density at radius 1 is 0.677 bits per heavy atom. The minimum absolute atomic E-state index is 0.322. The van der Waals surface area contributed by atoms with E-state index in [0.717, 1.165) is 16.7 Å². The molecule has 0 aliphatic heterocycles. The zero-order valence-corrected chi connectivity index (χ0v) is 17.4. The minimum Gasteiger partial charge on any atom is -0.483 e. The van der Waals surface area contributed by atoms with E-state index < -0.39 is 0 Å². The largest absolute Gasteiger partial charge is 0.483 e. The number of hydrogen-bond donors (Lipinski definition) is 0. The van der Waals surface area contributed by atoms with Crippen LogP contribution in [0.3, 0.4) is 0 Å². The van der Waals surface area contributed by atoms with E-state index in [4.69, 9.17) is 21.1 Å². The van der Waals surface area contributed by atoms with Gasteiger partial charge < -0.3 is 9.47 Å². The van der Waals surface area contributed by atoms with Gasteiger partial charge in [0.05, 0.1) is 5.02 Å². The number of halogens is 1. The molecule has 0 radical (unpaired) electrons. The molecule has 5 heteroatoms. The highest BCUT2D eigenvalue weighted by molar-refractivity contribution is 6.31. The topological polar surface area (TPSA) is 44.2 Å².